The molecule has 104 valence electrons. The average Bonchev–Trinajstić information content (AvgIpc) is 3.02. The molecule has 1 N–H and O–H groups in total. The van der Waals surface area contributed by atoms with Crippen LogP contribution in [0, 0.1) is 6.92 Å². The summed E-state index contributed by atoms with van der Waals surface area (Å²) in [7, 11) is 0. The summed E-state index contributed by atoms with van der Waals surface area (Å²) >= 11 is 0. The van der Waals surface area contributed by atoms with Crippen molar-refractivity contribution in [2.24, 2.45) is 0 Å². The molecule has 0 aliphatic carbocycles. The lowest BCUT2D eigenvalue weighted by Gasteiger charge is -2.14. The quantitative estimate of drug-likeness (QED) is 0.830. The van der Waals surface area contributed by atoms with Gasteiger partial charge in [0.25, 0.3) is 0 Å². The van der Waals surface area contributed by atoms with Gasteiger partial charge in [0.2, 0.25) is 0 Å². The van der Waals surface area contributed by atoms with Gasteiger partial charge in [0.05, 0.1) is 0 Å². The van der Waals surface area contributed by atoms with E-state index < -0.39 is 0 Å². The van der Waals surface area contributed by atoms with Crippen LogP contribution in [0.3, 0.4) is 0 Å². The van der Waals surface area contributed by atoms with Crippen LogP contribution in [0.2, 0.25) is 0 Å². The van der Waals surface area contributed by atoms with E-state index in [1.165, 1.54) is 5.56 Å². The molecule has 0 saturated heterocycles. The van der Waals surface area contributed by atoms with Crippen molar-refractivity contribution in [3.05, 3.63) is 42.2 Å². The van der Waals surface area contributed by atoms with E-state index in [0.717, 1.165) is 31.9 Å². The van der Waals surface area contributed by atoms with Gasteiger partial charge < -0.3 is 14.5 Å². The summed E-state index contributed by atoms with van der Waals surface area (Å²) in [6, 6.07) is 2.69. The third-order valence-corrected chi connectivity index (χ3v) is 3.56. The standard InChI is InChI=1S/C15H24N4/c1-4-15(16-5-2)14-6-8-18(12-14)10-11-19-9-7-17-13(19)3/h6-9,12,15-16H,4-5,10-11H2,1-3H3. The molecule has 4 nitrogen and oxygen atoms in total. The SMILES string of the molecule is CCNC(CC)c1ccn(CCn2ccnc2C)c1. The van der Waals surface area contributed by atoms with Gasteiger partial charge in [-0.05, 0) is 31.5 Å². The Labute approximate surface area is 115 Å². The molecular weight excluding hydrogens is 236 g/mol. The first-order chi connectivity index (χ1) is 9.24. The Balaban J connectivity index is 1.95. The van der Waals surface area contributed by atoms with E-state index in [2.05, 4.69) is 51.7 Å². The largest absolute Gasteiger partial charge is 0.352 e. The van der Waals surface area contributed by atoms with Crippen molar-refractivity contribution in [3.63, 3.8) is 0 Å². The second-order valence-electron chi connectivity index (χ2n) is 4.87. The molecule has 1 atom stereocenters. The van der Waals surface area contributed by atoms with Crippen molar-refractivity contribution < 1.29 is 0 Å². The predicted octanol–water partition coefficient (Wildman–Crippen LogP) is 2.75. The Kier molecular flexibility index (Phi) is 4.80. The number of nitrogens with zero attached hydrogens (tertiary/aromatic N) is 3. The lowest BCUT2D eigenvalue weighted by atomic mass is 10.1. The van der Waals surface area contributed by atoms with Crippen LogP contribution < -0.4 is 5.32 Å². The van der Waals surface area contributed by atoms with Crippen molar-refractivity contribution in [1.82, 2.24) is 19.4 Å². The van der Waals surface area contributed by atoms with E-state index in [9.17, 15) is 0 Å². The van der Waals surface area contributed by atoms with Gasteiger partial charge in [-0.3, -0.25) is 0 Å². The number of hydrogen-bond donors (Lipinski definition) is 1. The predicted molar refractivity (Wildman–Crippen MR) is 78.1 cm³/mol. The highest BCUT2D eigenvalue weighted by atomic mass is 15.1. The van der Waals surface area contributed by atoms with Crippen LogP contribution in [-0.4, -0.2) is 20.7 Å². The number of nitrogens with one attached hydrogen (secondary N) is 1. The van der Waals surface area contributed by atoms with Crippen LogP contribution in [0.1, 0.15) is 37.7 Å². The Morgan fingerprint density at radius 1 is 1.26 bits per heavy atom. The fourth-order valence-corrected chi connectivity index (χ4v) is 2.41. The third kappa shape index (κ3) is 3.47. The fourth-order valence-electron chi connectivity index (χ4n) is 2.41. The minimum atomic E-state index is 0.473. The fraction of sp³-hybridized carbons (Fsp3) is 0.533. The number of rotatable bonds is 7. The number of imidazole rings is 1. The first-order valence-corrected chi connectivity index (χ1v) is 7.11. The molecule has 2 aromatic rings. The molecule has 19 heavy (non-hydrogen) atoms. The van der Waals surface area contributed by atoms with Crippen LogP contribution in [0.25, 0.3) is 0 Å². The maximum atomic E-state index is 4.24. The molecule has 0 aliphatic rings. The minimum Gasteiger partial charge on any atom is -0.352 e. The Hall–Kier alpha value is -1.55. The topological polar surface area (TPSA) is 34.8 Å². The highest BCUT2D eigenvalue weighted by molar-refractivity contribution is 5.15. The molecule has 0 fully saturated rings. The molecule has 4 heteroatoms. The summed E-state index contributed by atoms with van der Waals surface area (Å²) in [5.74, 6) is 1.08. The van der Waals surface area contributed by atoms with Gasteiger partial charge in [0.1, 0.15) is 5.82 Å². The van der Waals surface area contributed by atoms with Crippen LogP contribution in [-0.2, 0) is 13.1 Å². The van der Waals surface area contributed by atoms with E-state index >= 15 is 0 Å². The second kappa shape index (κ2) is 6.57. The molecule has 2 aromatic heterocycles. The molecule has 1 unspecified atom stereocenters. The molecule has 2 rings (SSSR count). The van der Waals surface area contributed by atoms with E-state index in [1.807, 2.05) is 19.3 Å². The third-order valence-electron chi connectivity index (χ3n) is 3.56. The first kappa shape index (κ1) is 13.9. The molecule has 0 aliphatic heterocycles. The number of aromatic nitrogens is 3. The second-order valence-corrected chi connectivity index (χ2v) is 4.87. The lowest BCUT2D eigenvalue weighted by Crippen LogP contribution is -2.19. The van der Waals surface area contributed by atoms with Gasteiger partial charge in [0.15, 0.2) is 0 Å². The summed E-state index contributed by atoms with van der Waals surface area (Å²) in [4.78, 5) is 4.24. The first-order valence-electron chi connectivity index (χ1n) is 7.11. The maximum Gasteiger partial charge on any atom is 0.105 e. The molecule has 0 radical (unpaired) electrons. The van der Waals surface area contributed by atoms with E-state index in [1.54, 1.807) is 0 Å². The van der Waals surface area contributed by atoms with Crippen molar-refractivity contribution >= 4 is 0 Å². The summed E-state index contributed by atoms with van der Waals surface area (Å²) in [6.07, 6.45) is 9.44. The number of aryl methyl sites for hydroxylation is 3. The maximum absolute atomic E-state index is 4.24. The van der Waals surface area contributed by atoms with Crippen LogP contribution in [0.15, 0.2) is 30.9 Å². The van der Waals surface area contributed by atoms with Gasteiger partial charge >= 0.3 is 0 Å². The summed E-state index contributed by atoms with van der Waals surface area (Å²) in [5.41, 5.74) is 1.38. The van der Waals surface area contributed by atoms with Crippen molar-refractivity contribution in [3.8, 4) is 0 Å². The average molecular weight is 260 g/mol. The zero-order valence-corrected chi connectivity index (χ0v) is 12.1. The zero-order chi connectivity index (χ0) is 13.7. The zero-order valence-electron chi connectivity index (χ0n) is 12.1. The van der Waals surface area contributed by atoms with Crippen molar-refractivity contribution in [2.45, 2.75) is 46.3 Å². The molecule has 0 aromatic carbocycles. The summed E-state index contributed by atoms with van der Waals surface area (Å²) in [6.45, 7) is 9.38. The van der Waals surface area contributed by atoms with Crippen LogP contribution in [0.5, 0.6) is 0 Å². The highest BCUT2D eigenvalue weighted by Gasteiger charge is 2.08. The molecule has 0 saturated carbocycles. The molecule has 0 bridgehead atoms. The Morgan fingerprint density at radius 3 is 2.74 bits per heavy atom. The van der Waals surface area contributed by atoms with Gasteiger partial charge in [-0.15, -0.1) is 0 Å². The number of hydrogen-bond acceptors (Lipinski definition) is 2. The van der Waals surface area contributed by atoms with E-state index in [-0.39, 0.29) is 0 Å². The van der Waals surface area contributed by atoms with Gasteiger partial charge in [-0.25, -0.2) is 4.98 Å². The van der Waals surface area contributed by atoms with Gasteiger partial charge in [-0.1, -0.05) is 13.8 Å². The molecule has 2 heterocycles. The van der Waals surface area contributed by atoms with Gasteiger partial charge in [0, 0.05) is 43.9 Å². The summed E-state index contributed by atoms with van der Waals surface area (Å²) in [5, 5.41) is 3.51. The smallest absolute Gasteiger partial charge is 0.105 e. The monoisotopic (exact) mass is 260 g/mol. The summed E-state index contributed by atoms with van der Waals surface area (Å²) < 4.78 is 4.44. The molecular formula is C15H24N4. The molecule has 0 amide bonds. The lowest BCUT2D eigenvalue weighted by molar-refractivity contribution is 0.531. The normalized spacial score (nSPS) is 12.8. The van der Waals surface area contributed by atoms with E-state index in [0.29, 0.717) is 6.04 Å². The van der Waals surface area contributed by atoms with Crippen LogP contribution in [0.4, 0.5) is 0 Å². The Bertz CT molecular complexity index is 498. The van der Waals surface area contributed by atoms with Crippen LogP contribution >= 0.6 is 0 Å². The van der Waals surface area contributed by atoms with Gasteiger partial charge in [-0.2, -0.15) is 0 Å². The van der Waals surface area contributed by atoms with Crippen molar-refractivity contribution in [2.75, 3.05) is 6.54 Å². The minimum absolute atomic E-state index is 0.473. The highest BCUT2D eigenvalue weighted by Crippen LogP contribution is 2.16. The van der Waals surface area contributed by atoms with Crippen molar-refractivity contribution in [1.29, 1.82) is 0 Å². The molecule has 0 spiro atoms. The Morgan fingerprint density at radius 2 is 2.11 bits per heavy atom. The van der Waals surface area contributed by atoms with E-state index in [4.69, 9.17) is 0 Å².